The lowest BCUT2D eigenvalue weighted by Crippen LogP contribution is -2.07. The number of nitrogens with two attached hydrogens (primary N) is 1. The van der Waals surface area contributed by atoms with Crippen molar-refractivity contribution in [2.24, 2.45) is 0 Å². The third-order valence-corrected chi connectivity index (χ3v) is 3.71. The van der Waals surface area contributed by atoms with E-state index in [-0.39, 0.29) is 0 Å². The molecule has 0 radical (unpaired) electrons. The van der Waals surface area contributed by atoms with Gasteiger partial charge in [-0.25, -0.2) is 4.98 Å². The summed E-state index contributed by atoms with van der Waals surface area (Å²) in [5, 5.41) is 0. The van der Waals surface area contributed by atoms with Gasteiger partial charge in [0.1, 0.15) is 11.6 Å². The molecule has 0 spiro atoms. The molecule has 0 atom stereocenters. The number of anilines is 1. The maximum Gasteiger partial charge on any atom is 0.126 e. The molecule has 0 bridgehead atoms. The first-order chi connectivity index (χ1) is 9.76. The first-order valence-corrected chi connectivity index (χ1v) is 7.63. The molecule has 2 N–H and O–H groups in total. The molecule has 0 amide bonds. The van der Waals surface area contributed by atoms with Gasteiger partial charge in [0.15, 0.2) is 0 Å². The second-order valence-corrected chi connectivity index (χ2v) is 5.20. The normalized spacial score (nSPS) is 10.9. The largest absolute Gasteiger partial charge is 0.384 e. The molecule has 108 valence electrons. The van der Waals surface area contributed by atoms with Crippen LogP contribution in [0.5, 0.6) is 0 Å². The summed E-state index contributed by atoms with van der Waals surface area (Å²) in [6.45, 7) is 5.34. The van der Waals surface area contributed by atoms with Gasteiger partial charge in [-0.15, -0.1) is 0 Å². The Hall–Kier alpha value is -1.77. The number of nitrogen functional groups attached to an aromatic ring is 1. The van der Waals surface area contributed by atoms with E-state index >= 15 is 0 Å². The third-order valence-electron chi connectivity index (χ3n) is 3.71. The van der Waals surface area contributed by atoms with Gasteiger partial charge >= 0.3 is 0 Å². The predicted octanol–water partition coefficient (Wildman–Crippen LogP) is 3.61. The van der Waals surface area contributed by atoms with Crippen LogP contribution in [0.15, 0.2) is 30.3 Å². The number of hydrogen-bond acceptors (Lipinski definition) is 2. The minimum atomic E-state index is 0.867. The Morgan fingerprint density at radius 3 is 2.50 bits per heavy atom. The average Bonchev–Trinajstić information content (AvgIpc) is 2.80. The number of benzene rings is 1. The molecule has 20 heavy (non-hydrogen) atoms. The highest BCUT2D eigenvalue weighted by molar-refractivity contribution is 5.39. The summed E-state index contributed by atoms with van der Waals surface area (Å²) in [7, 11) is 0. The summed E-state index contributed by atoms with van der Waals surface area (Å²) in [5.74, 6) is 1.99. The van der Waals surface area contributed by atoms with Crippen LogP contribution >= 0.6 is 0 Å². The van der Waals surface area contributed by atoms with Gasteiger partial charge < -0.3 is 10.3 Å². The molecule has 0 fully saturated rings. The summed E-state index contributed by atoms with van der Waals surface area (Å²) < 4.78 is 2.20. The number of imidazole rings is 1. The summed E-state index contributed by atoms with van der Waals surface area (Å²) in [6, 6.07) is 10.5. The minimum Gasteiger partial charge on any atom is -0.384 e. The SMILES string of the molecule is CCCCn1c(CC)nc(CCc2ccccc2)c1N. The Morgan fingerprint density at radius 1 is 1.10 bits per heavy atom. The van der Waals surface area contributed by atoms with Crippen molar-refractivity contribution in [3.05, 3.63) is 47.4 Å². The van der Waals surface area contributed by atoms with Crippen molar-refractivity contribution in [3.8, 4) is 0 Å². The topological polar surface area (TPSA) is 43.8 Å². The van der Waals surface area contributed by atoms with Gasteiger partial charge in [0.05, 0.1) is 5.69 Å². The van der Waals surface area contributed by atoms with E-state index in [1.54, 1.807) is 0 Å². The Balaban J connectivity index is 2.09. The smallest absolute Gasteiger partial charge is 0.126 e. The zero-order valence-corrected chi connectivity index (χ0v) is 12.6. The summed E-state index contributed by atoms with van der Waals surface area (Å²) in [6.07, 6.45) is 5.20. The minimum absolute atomic E-state index is 0.867. The fourth-order valence-corrected chi connectivity index (χ4v) is 2.50. The lowest BCUT2D eigenvalue weighted by atomic mass is 10.1. The van der Waals surface area contributed by atoms with Crippen LogP contribution in [0.3, 0.4) is 0 Å². The first-order valence-electron chi connectivity index (χ1n) is 7.63. The van der Waals surface area contributed by atoms with Gasteiger partial charge in [0, 0.05) is 13.0 Å². The molecule has 0 aliphatic carbocycles. The first kappa shape index (κ1) is 14.6. The van der Waals surface area contributed by atoms with Crippen molar-refractivity contribution in [2.75, 3.05) is 5.73 Å². The summed E-state index contributed by atoms with van der Waals surface area (Å²) in [4.78, 5) is 4.73. The van der Waals surface area contributed by atoms with Crippen molar-refractivity contribution < 1.29 is 0 Å². The van der Waals surface area contributed by atoms with E-state index in [4.69, 9.17) is 10.7 Å². The van der Waals surface area contributed by atoms with Gasteiger partial charge in [0.2, 0.25) is 0 Å². The molecular weight excluding hydrogens is 246 g/mol. The van der Waals surface area contributed by atoms with Crippen LogP contribution in [0.1, 0.15) is 43.8 Å². The van der Waals surface area contributed by atoms with Crippen LogP contribution in [0.4, 0.5) is 5.82 Å². The molecule has 0 saturated heterocycles. The van der Waals surface area contributed by atoms with E-state index in [1.165, 1.54) is 12.0 Å². The van der Waals surface area contributed by atoms with Crippen LogP contribution < -0.4 is 5.73 Å². The highest BCUT2D eigenvalue weighted by Crippen LogP contribution is 2.18. The summed E-state index contributed by atoms with van der Waals surface area (Å²) >= 11 is 0. The zero-order chi connectivity index (χ0) is 14.4. The highest BCUT2D eigenvalue weighted by atomic mass is 15.1. The number of rotatable bonds is 7. The monoisotopic (exact) mass is 271 g/mol. The highest BCUT2D eigenvalue weighted by Gasteiger charge is 2.12. The van der Waals surface area contributed by atoms with Gasteiger partial charge in [0.25, 0.3) is 0 Å². The molecule has 1 aromatic heterocycles. The van der Waals surface area contributed by atoms with E-state index in [2.05, 4.69) is 42.7 Å². The maximum absolute atomic E-state index is 6.29. The summed E-state index contributed by atoms with van der Waals surface area (Å²) in [5.41, 5.74) is 8.68. The molecule has 0 unspecified atom stereocenters. The number of aryl methyl sites for hydroxylation is 3. The van der Waals surface area contributed by atoms with Crippen LogP contribution in [0, 0.1) is 0 Å². The standard InChI is InChI=1S/C17H25N3/c1-3-5-13-20-16(4-2)19-15(17(20)18)12-11-14-9-7-6-8-10-14/h6-10H,3-5,11-13,18H2,1-2H3. The van der Waals surface area contributed by atoms with Crippen LogP contribution in [-0.2, 0) is 25.8 Å². The molecular formula is C17H25N3. The molecule has 1 heterocycles. The quantitative estimate of drug-likeness (QED) is 0.836. The maximum atomic E-state index is 6.29. The molecule has 0 aliphatic rings. The van der Waals surface area contributed by atoms with E-state index in [1.807, 2.05) is 6.07 Å². The van der Waals surface area contributed by atoms with Crippen molar-refractivity contribution >= 4 is 5.82 Å². The molecule has 2 aromatic rings. The second kappa shape index (κ2) is 7.13. The van der Waals surface area contributed by atoms with E-state index < -0.39 is 0 Å². The van der Waals surface area contributed by atoms with E-state index in [9.17, 15) is 0 Å². The van der Waals surface area contributed by atoms with Crippen LogP contribution in [0.25, 0.3) is 0 Å². The fourth-order valence-electron chi connectivity index (χ4n) is 2.50. The number of aromatic nitrogens is 2. The van der Waals surface area contributed by atoms with Crippen molar-refractivity contribution in [1.29, 1.82) is 0 Å². The number of hydrogen-bond donors (Lipinski definition) is 1. The Labute approximate surface area is 121 Å². The number of nitrogens with zero attached hydrogens (tertiary/aromatic N) is 2. The Morgan fingerprint density at radius 2 is 1.85 bits per heavy atom. The third kappa shape index (κ3) is 3.41. The molecule has 1 aromatic carbocycles. The molecule has 2 rings (SSSR count). The number of unbranched alkanes of at least 4 members (excludes halogenated alkanes) is 1. The van der Waals surface area contributed by atoms with Crippen LogP contribution in [0.2, 0.25) is 0 Å². The van der Waals surface area contributed by atoms with Crippen molar-refractivity contribution in [2.45, 2.75) is 52.5 Å². The van der Waals surface area contributed by atoms with Crippen LogP contribution in [-0.4, -0.2) is 9.55 Å². The van der Waals surface area contributed by atoms with Crippen molar-refractivity contribution in [3.63, 3.8) is 0 Å². The van der Waals surface area contributed by atoms with Gasteiger partial charge in [-0.1, -0.05) is 50.6 Å². The lowest BCUT2D eigenvalue weighted by molar-refractivity contribution is 0.612. The van der Waals surface area contributed by atoms with E-state index in [0.717, 1.165) is 49.6 Å². The molecule has 3 heteroatoms. The Kier molecular flexibility index (Phi) is 5.22. The fraction of sp³-hybridized carbons (Fsp3) is 0.471. The molecule has 3 nitrogen and oxygen atoms in total. The molecule has 0 saturated carbocycles. The van der Waals surface area contributed by atoms with Gasteiger partial charge in [-0.2, -0.15) is 0 Å². The van der Waals surface area contributed by atoms with Crippen molar-refractivity contribution in [1.82, 2.24) is 9.55 Å². The Bertz CT molecular complexity index is 529. The molecule has 0 aliphatic heterocycles. The lowest BCUT2D eigenvalue weighted by Gasteiger charge is -2.07. The van der Waals surface area contributed by atoms with Gasteiger partial charge in [-0.05, 0) is 24.8 Å². The van der Waals surface area contributed by atoms with E-state index in [0.29, 0.717) is 0 Å². The zero-order valence-electron chi connectivity index (χ0n) is 12.6. The predicted molar refractivity (Wildman–Crippen MR) is 84.8 cm³/mol. The van der Waals surface area contributed by atoms with Gasteiger partial charge in [-0.3, -0.25) is 0 Å². The average molecular weight is 271 g/mol. The second-order valence-electron chi connectivity index (χ2n) is 5.20.